The summed E-state index contributed by atoms with van der Waals surface area (Å²) in [6.07, 6.45) is 0. The summed E-state index contributed by atoms with van der Waals surface area (Å²) >= 11 is 13.0. The molecule has 1 N–H and O–H groups in total. The van der Waals surface area contributed by atoms with E-state index in [1.807, 2.05) is 30.3 Å². The van der Waals surface area contributed by atoms with Crippen LogP contribution in [-0.4, -0.2) is 0 Å². The first kappa shape index (κ1) is 14.1. The molecular formula is C14H12Br2ClN. The average Bonchev–Trinajstić information content (AvgIpc) is 2.32. The van der Waals surface area contributed by atoms with Crippen molar-refractivity contribution >= 4 is 43.5 Å². The molecule has 0 bridgehead atoms. The molecule has 0 spiro atoms. The summed E-state index contributed by atoms with van der Waals surface area (Å²) in [5.74, 6) is 0. The molecular weight excluding hydrogens is 377 g/mol. The molecule has 0 aliphatic rings. The van der Waals surface area contributed by atoms with Crippen molar-refractivity contribution in [3.8, 4) is 0 Å². The van der Waals surface area contributed by atoms with Crippen LogP contribution in [0.4, 0.5) is 0 Å². The van der Waals surface area contributed by atoms with Crippen molar-refractivity contribution in [3.05, 3.63) is 67.6 Å². The Hall–Kier alpha value is -0.350. The molecule has 0 saturated heterocycles. The second kappa shape index (κ2) is 6.71. The van der Waals surface area contributed by atoms with Crippen molar-refractivity contribution in [3.63, 3.8) is 0 Å². The van der Waals surface area contributed by atoms with Crippen molar-refractivity contribution in [2.45, 2.75) is 13.1 Å². The molecule has 18 heavy (non-hydrogen) atoms. The van der Waals surface area contributed by atoms with Crippen LogP contribution in [0.25, 0.3) is 0 Å². The van der Waals surface area contributed by atoms with E-state index in [0.29, 0.717) is 0 Å². The molecule has 0 radical (unpaired) electrons. The van der Waals surface area contributed by atoms with Gasteiger partial charge in [-0.1, -0.05) is 61.7 Å². The standard InChI is InChI=1S/C14H12Br2ClN/c15-12-3-1-2-10(6-12)8-18-9-11-4-5-13(16)7-14(11)17/h1-7,18H,8-9H2. The minimum atomic E-state index is 0.763. The van der Waals surface area contributed by atoms with Crippen LogP contribution < -0.4 is 5.32 Å². The fourth-order valence-corrected chi connectivity index (χ4v) is 2.84. The minimum absolute atomic E-state index is 0.763. The summed E-state index contributed by atoms with van der Waals surface area (Å²) in [7, 11) is 0. The molecule has 0 fully saturated rings. The monoisotopic (exact) mass is 387 g/mol. The number of nitrogens with one attached hydrogen (secondary N) is 1. The lowest BCUT2D eigenvalue weighted by molar-refractivity contribution is 0.693. The molecule has 0 atom stereocenters. The van der Waals surface area contributed by atoms with Crippen LogP contribution in [0.3, 0.4) is 0 Å². The largest absolute Gasteiger partial charge is 0.309 e. The second-order valence-electron chi connectivity index (χ2n) is 3.97. The zero-order valence-electron chi connectivity index (χ0n) is 9.59. The third-order valence-corrected chi connectivity index (χ3v) is 3.89. The van der Waals surface area contributed by atoms with Crippen LogP contribution in [0.2, 0.25) is 5.02 Å². The van der Waals surface area contributed by atoms with Gasteiger partial charge in [0.05, 0.1) is 0 Å². The predicted octanol–water partition coefficient (Wildman–Crippen LogP) is 5.15. The summed E-state index contributed by atoms with van der Waals surface area (Å²) in [6, 6.07) is 14.2. The highest BCUT2D eigenvalue weighted by molar-refractivity contribution is 9.10. The summed E-state index contributed by atoms with van der Waals surface area (Å²) in [4.78, 5) is 0. The van der Waals surface area contributed by atoms with Gasteiger partial charge < -0.3 is 5.32 Å². The molecule has 2 aromatic carbocycles. The number of hydrogen-bond acceptors (Lipinski definition) is 1. The number of rotatable bonds is 4. The molecule has 0 aliphatic heterocycles. The van der Waals surface area contributed by atoms with Crippen molar-refractivity contribution < 1.29 is 0 Å². The molecule has 0 unspecified atom stereocenters. The van der Waals surface area contributed by atoms with Gasteiger partial charge in [-0.15, -0.1) is 0 Å². The fourth-order valence-electron chi connectivity index (χ4n) is 1.65. The lowest BCUT2D eigenvalue weighted by atomic mass is 10.2. The van der Waals surface area contributed by atoms with E-state index in [9.17, 15) is 0 Å². The SMILES string of the molecule is Clc1cc(Br)ccc1CNCc1cccc(Br)c1. The van der Waals surface area contributed by atoms with E-state index in [1.165, 1.54) is 5.56 Å². The van der Waals surface area contributed by atoms with Gasteiger partial charge in [0.15, 0.2) is 0 Å². The third-order valence-electron chi connectivity index (χ3n) is 2.55. The Morgan fingerprint density at radius 2 is 1.72 bits per heavy atom. The van der Waals surface area contributed by atoms with Gasteiger partial charge in [-0.05, 0) is 35.4 Å². The third kappa shape index (κ3) is 4.09. The van der Waals surface area contributed by atoms with Crippen LogP contribution in [0, 0.1) is 0 Å². The zero-order chi connectivity index (χ0) is 13.0. The van der Waals surface area contributed by atoms with Gasteiger partial charge >= 0.3 is 0 Å². The molecule has 1 nitrogen and oxygen atoms in total. The highest BCUT2D eigenvalue weighted by atomic mass is 79.9. The molecule has 2 rings (SSSR count). The first-order valence-electron chi connectivity index (χ1n) is 5.54. The Morgan fingerprint density at radius 3 is 2.44 bits per heavy atom. The molecule has 0 amide bonds. The summed E-state index contributed by atoms with van der Waals surface area (Å²) in [5, 5.41) is 4.17. The molecule has 94 valence electrons. The second-order valence-corrected chi connectivity index (χ2v) is 6.21. The van der Waals surface area contributed by atoms with Crippen LogP contribution in [0.1, 0.15) is 11.1 Å². The molecule has 0 aliphatic carbocycles. The fraction of sp³-hybridized carbons (Fsp3) is 0.143. The summed E-state index contributed by atoms with van der Waals surface area (Å²) < 4.78 is 2.10. The van der Waals surface area contributed by atoms with E-state index in [-0.39, 0.29) is 0 Å². The smallest absolute Gasteiger partial charge is 0.0462 e. The zero-order valence-corrected chi connectivity index (χ0v) is 13.5. The van der Waals surface area contributed by atoms with Gasteiger partial charge in [-0.3, -0.25) is 0 Å². The lowest BCUT2D eigenvalue weighted by Crippen LogP contribution is -2.12. The van der Waals surface area contributed by atoms with Crippen molar-refractivity contribution in [2.75, 3.05) is 0 Å². The van der Waals surface area contributed by atoms with Crippen molar-refractivity contribution in [1.82, 2.24) is 5.32 Å². The number of halogens is 3. The van der Waals surface area contributed by atoms with Gasteiger partial charge in [0.1, 0.15) is 0 Å². The Kier molecular flexibility index (Phi) is 5.25. The normalized spacial score (nSPS) is 10.6. The van der Waals surface area contributed by atoms with E-state index in [4.69, 9.17) is 11.6 Å². The van der Waals surface area contributed by atoms with E-state index >= 15 is 0 Å². The Bertz CT molecular complexity index is 543. The maximum atomic E-state index is 6.16. The Balaban J connectivity index is 1.92. The average molecular weight is 390 g/mol. The highest BCUT2D eigenvalue weighted by Gasteiger charge is 2.01. The molecule has 0 heterocycles. The van der Waals surface area contributed by atoms with E-state index in [0.717, 1.165) is 32.6 Å². The maximum absolute atomic E-state index is 6.16. The van der Waals surface area contributed by atoms with Crippen LogP contribution in [0.5, 0.6) is 0 Å². The number of benzene rings is 2. The van der Waals surface area contributed by atoms with Gasteiger partial charge in [-0.25, -0.2) is 0 Å². The van der Waals surface area contributed by atoms with Crippen LogP contribution in [0.15, 0.2) is 51.4 Å². The topological polar surface area (TPSA) is 12.0 Å². The molecule has 0 saturated carbocycles. The Labute approximate surface area is 129 Å². The van der Waals surface area contributed by atoms with Crippen LogP contribution in [-0.2, 0) is 13.1 Å². The first-order valence-corrected chi connectivity index (χ1v) is 7.50. The molecule has 0 aromatic heterocycles. The van der Waals surface area contributed by atoms with Gasteiger partial charge in [0.2, 0.25) is 0 Å². The highest BCUT2D eigenvalue weighted by Crippen LogP contribution is 2.21. The quantitative estimate of drug-likeness (QED) is 0.762. The van der Waals surface area contributed by atoms with Crippen molar-refractivity contribution in [2.24, 2.45) is 0 Å². The lowest BCUT2D eigenvalue weighted by Gasteiger charge is -2.07. The van der Waals surface area contributed by atoms with Gasteiger partial charge in [-0.2, -0.15) is 0 Å². The summed E-state index contributed by atoms with van der Waals surface area (Å²) in [5.41, 5.74) is 2.35. The van der Waals surface area contributed by atoms with E-state index in [2.05, 4.69) is 49.3 Å². The maximum Gasteiger partial charge on any atom is 0.0462 e. The van der Waals surface area contributed by atoms with E-state index in [1.54, 1.807) is 0 Å². The minimum Gasteiger partial charge on any atom is -0.309 e. The van der Waals surface area contributed by atoms with Crippen molar-refractivity contribution in [1.29, 1.82) is 0 Å². The molecule has 2 aromatic rings. The van der Waals surface area contributed by atoms with Gasteiger partial charge in [0.25, 0.3) is 0 Å². The van der Waals surface area contributed by atoms with Crippen LogP contribution >= 0.6 is 43.5 Å². The number of hydrogen-bond donors (Lipinski definition) is 1. The van der Waals surface area contributed by atoms with Gasteiger partial charge in [0, 0.05) is 27.1 Å². The Morgan fingerprint density at radius 1 is 0.944 bits per heavy atom. The molecule has 4 heteroatoms. The first-order chi connectivity index (χ1) is 8.65. The summed E-state index contributed by atoms with van der Waals surface area (Å²) in [6.45, 7) is 1.59. The predicted molar refractivity (Wildman–Crippen MR) is 83.8 cm³/mol. The van der Waals surface area contributed by atoms with E-state index < -0.39 is 0 Å².